The summed E-state index contributed by atoms with van der Waals surface area (Å²) >= 11 is 4.64. The molecular weight excluding hydrogens is 380 g/mol. The fraction of sp³-hybridized carbons (Fsp3) is 0.0625. The molecule has 3 aromatic rings. The molecule has 116 valence electrons. The van der Waals surface area contributed by atoms with Crippen molar-refractivity contribution in [3.05, 3.63) is 51.9 Å². The third-order valence-corrected chi connectivity index (χ3v) is 4.60. The average molecular weight is 391 g/mol. The summed E-state index contributed by atoms with van der Waals surface area (Å²) in [6, 6.07) is 11.4. The van der Waals surface area contributed by atoms with Crippen LogP contribution in [-0.4, -0.2) is 16.9 Å². The Kier molecular flexibility index (Phi) is 4.40. The summed E-state index contributed by atoms with van der Waals surface area (Å²) in [7, 11) is 0. The number of benzene rings is 2. The summed E-state index contributed by atoms with van der Waals surface area (Å²) in [5, 5.41) is 6.43. The van der Waals surface area contributed by atoms with Gasteiger partial charge in [-0.1, -0.05) is 30.3 Å². The minimum atomic E-state index is -0.575. The maximum Gasteiger partial charge on any atom is 0.363 e. The minimum absolute atomic E-state index is 0.152. The van der Waals surface area contributed by atoms with E-state index in [1.165, 1.54) is 18.3 Å². The van der Waals surface area contributed by atoms with Gasteiger partial charge in [0.2, 0.25) is 5.91 Å². The number of fused-ring (bicyclic) bond motifs is 1. The van der Waals surface area contributed by atoms with E-state index < -0.39 is 5.97 Å². The number of carbonyl (C=O) groups excluding carboxylic acids is 2. The van der Waals surface area contributed by atoms with Gasteiger partial charge in [0.1, 0.15) is 5.75 Å². The second kappa shape index (κ2) is 6.47. The lowest BCUT2D eigenvalue weighted by Gasteiger charge is -2.07. The molecular formula is C16H11BrN2O3S. The first kappa shape index (κ1) is 15.6. The van der Waals surface area contributed by atoms with Crippen molar-refractivity contribution in [1.82, 2.24) is 4.98 Å². The van der Waals surface area contributed by atoms with Crippen molar-refractivity contribution >= 4 is 55.0 Å². The Balaban J connectivity index is 1.84. The molecule has 1 N–H and O–H groups in total. The molecule has 0 saturated carbocycles. The third-order valence-electron chi connectivity index (χ3n) is 3.03. The Morgan fingerprint density at radius 1 is 1.22 bits per heavy atom. The molecule has 0 radical (unpaired) electrons. The monoisotopic (exact) mass is 390 g/mol. The number of rotatable bonds is 3. The highest BCUT2D eigenvalue weighted by atomic mass is 79.9. The van der Waals surface area contributed by atoms with Crippen molar-refractivity contribution in [1.29, 1.82) is 0 Å². The number of hydrogen-bond acceptors (Lipinski definition) is 5. The molecule has 0 bridgehead atoms. The fourth-order valence-electron chi connectivity index (χ4n) is 2.02. The Labute approximate surface area is 144 Å². The quantitative estimate of drug-likeness (QED) is 0.536. The number of nitrogens with zero attached hydrogens (tertiary/aromatic N) is 1. The summed E-state index contributed by atoms with van der Waals surface area (Å²) in [6.45, 7) is 1.38. The summed E-state index contributed by atoms with van der Waals surface area (Å²) in [5.74, 6) is -0.395. The van der Waals surface area contributed by atoms with Gasteiger partial charge in [-0.2, -0.15) is 0 Å². The molecule has 23 heavy (non-hydrogen) atoms. The van der Waals surface area contributed by atoms with E-state index in [-0.39, 0.29) is 11.6 Å². The number of carbonyl (C=O) groups is 2. The van der Waals surface area contributed by atoms with Crippen molar-refractivity contribution in [2.24, 2.45) is 0 Å². The van der Waals surface area contributed by atoms with Gasteiger partial charge in [-0.15, -0.1) is 11.3 Å². The van der Waals surface area contributed by atoms with Crippen LogP contribution in [0.25, 0.3) is 10.8 Å². The molecule has 1 heterocycles. The predicted molar refractivity (Wildman–Crippen MR) is 93.0 cm³/mol. The zero-order valence-corrected chi connectivity index (χ0v) is 14.4. The van der Waals surface area contributed by atoms with E-state index >= 15 is 0 Å². The van der Waals surface area contributed by atoms with Crippen LogP contribution in [0.15, 0.2) is 46.3 Å². The summed E-state index contributed by atoms with van der Waals surface area (Å²) in [6.07, 6.45) is 0. The van der Waals surface area contributed by atoms with Gasteiger partial charge in [-0.25, -0.2) is 9.78 Å². The largest absolute Gasteiger partial charge is 0.421 e. The van der Waals surface area contributed by atoms with Crippen LogP contribution in [0.3, 0.4) is 0 Å². The maximum absolute atomic E-state index is 12.2. The number of hydrogen-bond donors (Lipinski definition) is 1. The molecule has 0 aliphatic rings. The average Bonchev–Trinajstić information content (AvgIpc) is 2.98. The Hall–Kier alpha value is -2.25. The van der Waals surface area contributed by atoms with Crippen LogP contribution in [-0.2, 0) is 4.79 Å². The van der Waals surface area contributed by atoms with Crippen LogP contribution >= 0.6 is 27.3 Å². The third kappa shape index (κ3) is 3.40. The SMILES string of the molecule is CC(=O)Nc1nc(C(=O)Oc2ccc3ccccc3c2Br)cs1. The van der Waals surface area contributed by atoms with Crippen LogP contribution in [0.4, 0.5) is 5.13 Å². The second-order valence-corrected chi connectivity index (χ2v) is 6.36. The first-order chi connectivity index (χ1) is 11.0. The number of ether oxygens (including phenoxy) is 1. The zero-order chi connectivity index (χ0) is 16.4. The number of aromatic nitrogens is 1. The lowest BCUT2D eigenvalue weighted by atomic mass is 10.1. The molecule has 0 fully saturated rings. The molecule has 1 aromatic heterocycles. The van der Waals surface area contributed by atoms with Gasteiger partial charge in [0.05, 0.1) is 4.47 Å². The van der Waals surface area contributed by atoms with Gasteiger partial charge in [-0.3, -0.25) is 4.79 Å². The van der Waals surface area contributed by atoms with Crippen LogP contribution in [0.2, 0.25) is 0 Å². The highest BCUT2D eigenvalue weighted by Crippen LogP contribution is 2.33. The topological polar surface area (TPSA) is 68.3 Å². The van der Waals surface area contributed by atoms with E-state index in [4.69, 9.17) is 4.74 Å². The van der Waals surface area contributed by atoms with E-state index in [2.05, 4.69) is 26.2 Å². The molecule has 2 aromatic carbocycles. The van der Waals surface area contributed by atoms with Crippen LogP contribution < -0.4 is 10.1 Å². The van der Waals surface area contributed by atoms with Gasteiger partial charge < -0.3 is 10.1 Å². The molecule has 5 nitrogen and oxygen atoms in total. The van der Waals surface area contributed by atoms with Crippen molar-refractivity contribution in [2.45, 2.75) is 6.92 Å². The van der Waals surface area contributed by atoms with Gasteiger partial charge in [-0.05, 0) is 32.8 Å². The van der Waals surface area contributed by atoms with Crippen molar-refractivity contribution < 1.29 is 14.3 Å². The molecule has 0 atom stereocenters. The molecule has 0 aliphatic heterocycles. The van der Waals surface area contributed by atoms with Crippen molar-refractivity contribution in [2.75, 3.05) is 5.32 Å². The standard InChI is InChI=1S/C16H11BrN2O3S/c1-9(20)18-16-19-12(8-23-16)15(21)22-13-7-6-10-4-2-3-5-11(10)14(13)17/h2-8H,1H3,(H,18,19,20). The van der Waals surface area contributed by atoms with Gasteiger partial charge in [0, 0.05) is 12.3 Å². The molecule has 3 rings (SSSR count). The Bertz CT molecular complexity index is 907. The number of anilines is 1. The first-order valence-electron chi connectivity index (χ1n) is 6.67. The summed E-state index contributed by atoms with van der Waals surface area (Å²) in [5.41, 5.74) is 0.152. The number of halogens is 1. The van der Waals surface area contributed by atoms with Crippen LogP contribution in [0, 0.1) is 0 Å². The van der Waals surface area contributed by atoms with Crippen LogP contribution in [0.5, 0.6) is 5.75 Å². The molecule has 0 spiro atoms. The van der Waals surface area contributed by atoms with E-state index in [1.807, 2.05) is 30.3 Å². The fourth-order valence-corrected chi connectivity index (χ4v) is 3.32. The highest BCUT2D eigenvalue weighted by Gasteiger charge is 2.16. The molecule has 7 heteroatoms. The summed E-state index contributed by atoms with van der Waals surface area (Å²) in [4.78, 5) is 27.2. The van der Waals surface area contributed by atoms with Gasteiger partial charge >= 0.3 is 5.97 Å². The first-order valence-corrected chi connectivity index (χ1v) is 8.34. The summed E-state index contributed by atoms with van der Waals surface area (Å²) < 4.78 is 6.11. The smallest absolute Gasteiger partial charge is 0.363 e. The lowest BCUT2D eigenvalue weighted by Crippen LogP contribution is -2.10. The van der Waals surface area contributed by atoms with E-state index in [1.54, 1.807) is 11.4 Å². The Morgan fingerprint density at radius 3 is 2.78 bits per heavy atom. The van der Waals surface area contributed by atoms with E-state index in [0.29, 0.717) is 15.4 Å². The molecule has 0 aliphatic carbocycles. The lowest BCUT2D eigenvalue weighted by molar-refractivity contribution is -0.114. The van der Waals surface area contributed by atoms with Crippen molar-refractivity contribution in [3.8, 4) is 5.75 Å². The minimum Gasteiger partial charge on any atom is -0.421 e. The van der Waals surface area contributed by atoms with Crippen molar-refractivity contribution in [3.63, 3.8) is 0 Å². The predicted octanol–water partition coefficient (Wildman–Crippen LogP) is 4.24. The van der Waals surface area contributed by atoms with E-state index in [9.17, 15) is 9.59 Å². The zero-order valence-electron chi connectivity index (χ0n) is 12.0. The maximum atomic E-state index is 12.2. The molecule has 0 saturated heterocycles. The Morgan fingerprint density at radius 2 is 2.00 bits per heavy atom. The number of nitrogens with one attached hydrogen (secondary N) is 1. The van der Waals surface area contributed by atoms with Crippen LogP contribution in [0.1, 0.15) is 17.4 Å². The highest BCUT2D eigenvalue weighted by molar-refractivity contribution is 9.10. The van der Waals surface area contributed by atoms with Gasteiger partial charge in [0.15, 0.2) is 10.8 Å². The number of thiazole rings is 1. The molecule has 0 unspecified atom stereocenters. The number of esters is 1. The normalized spacial score (nSPS) is 10.5. The second-order valence-electron chi connectivity index (χ2n) is 4.71. The molecule has 1 amide bonds. The van der Waals surface area contributed by atoms with E-state index in [0.717, 1.165) is 10.8 Å². The number of amides is 1. The van der Waals surface area contributed by atoms with Gasteiger partial charge in [0.25, 0.3) is 0 Å².